The van der Waals surface area contributed by atoms with Crippen molar-refractivity contribution >= 4 is 23.4 Å². The molecule has 2 rings (SSSR count). The highest BCUT2D eigenvalue weighted by Gasteiger charge is 2.31. The minimum Gasteiger partial charge on any atom is -0.353 e. The highest BCUT2D eigenvalue weighted by Crippen LogP contribution is 2.21. The van der Waals surface area contributed by atoms with Gasteiger partial charge in [-0.1, -0.05) is 29.8 Å². The van der Waals surface area contributed by atoms with Gasteiger partial charge in [0.15, 0.2) is 0 Å². The monoisotopic (exact) mass is 353 g/mol. The van der Waals surface area contributed by atoms with Crippen LogP contribution in [0.4, 0.5) is 4.39 Å². The highest BCUT2D eigenvalue weighted by atomic mass is 35.5. The summed E-state index contributed by atoms with van der Waals surface area (Å²) in [6.07, 6.45) is 0.0535. The number of halogens is 2. The van der Waals surface area contributed by atoms with Gasteiger partial charge in [-0.3, -0.25) is 14.5 Å². The Kier molecular flexibility index (Phi) is 6.34. The fourth-order valence-electron chi connectivity index (χ4n) is 2.54. The summed E-state index contributed by atoms with van der Waals surface area (Å²) < 4.78 is 13.2. The maximum Gasteiger partial charge on any atom is 0.237 e. The fraction of sp³-hybridized carbons (Fsp3) is 0.412. The van der Waals surface area contributed by atoms with E-state index in [0.717, 1.165) is 11.1 Å². The molecule has 1 aromatic carbocycles. The summed E-state index contributed by atoms with van der Waals surface area (Å²) in [7, 11) is 0. The number of nitrogens with zero attached hydrogens (tertiary/aromatic N) is 1. The minimum absolute atomic E-state index is 0.0535. The van der Waals surface area contributed by atoms with E-state index in [4.69, 9.17) is 11.6 Å². The third-order valence-corrected chi connectivity index (χ3v) is 4.15. The van der Waals surface area contributed by atoms with Crippen LogP contribution in [0.25, 0.3) is 0 Å². The quantitative estimate of drug-likeness (QED) is 0.767. The van der Waals surface area contributed by atoms with Crippen LogP contribution in [-0.2, 0) is 16.1 Å². The van der Waals surface area contributed by atoms with Crippen LogP contribution < -0.4 is 10.6 Å². The molecule has 24 heavy (non-hydrogen) atoms. The second-order valence-electron chi connectivity index (χ2n) is 5.95. The number of rotatable bonds is 6. The third-order valence-electron chi connectivity index (χ3n) is 3.80. The normalized spacial score (nSPS) is 18.1. The van der Waals surface area contributed by atoms with Crippen molar-refractivity contribution in [1.29, 1.82) is 0 Å². The molecule has 0 aliphatic carbocycles. The van der Waals surface area contributed by atoms with Crippen LogP contribution in [0.3, 0.4) is 0 Å². The summed E-state index contributed by atoms with van der Waals surface area (Å²) in [5, 5.41) is 5.81. The van der Waals surface area contributed by atoms with Gasteiger partial charge in [-0.15, -0.1) is 0 Å². The molecule has 1 aliphatic rings. The molecule has 5 nitrogen and oxygen atoms in total. The van der Waals surface area contributed by atoms with Crippen molar-refractivity contribution in [3.05, 3.63) is 46.8 Å². The summed E-state index contributed by atoms with van der Waals surface area (Å²) in [6, 6.07) is 3.60. The molecule has 1 saturated heterocycles. The molecule has 0 saturated carbocycles. The number of piperazine rings is 1. The molecule has 1 heterocycles. The summed E-state index contributed by atoms with van der Waals surface area (Å²) in [6.45, 7) is 7.41. The fourth-order valence-corrected chi connectivity index (χ4v) is 2.77. The lowest BCUT2D eigenvalue weighted by atomic mass is 10.1. The summed E-state index contributed by atoms with van der Waals surface area (Å²) in [4.78, 5) is 26.1. The van der Waals surface area contributed by atoms with Crippen LogP contribution in [0.5, 0.6) is 0 Å². The van der Waals surface area contributed by atoms with Crippen molar-refractivity contribution in [3.8, 4) is 0 Å². The smallest absolute Gasteiger partial charge is 0.237 e. The molecule has 0 aromatic heterocycles. The van der Waals surface area contributed by atoms with Gasteiger partial charge < -0.3 is 10.6 Å². The van der Waals surface area contributed by atoms with Crippen LogP contribution in [0.2, 0.25) is 5.02 Å². The first-order valence-electron chi connectivity index (χ1n) is 7.73. The van der Waals surface area contributed by atoms with Gasteiger partial charge in [0.2, 0.25) is 11.8 Å². The molecule has 7 heteroatoms. The second-order valence-corrected chi connectivity index (χ2v) is 6.36. The van der Waals surface area contributed by atoms with Crippen molar-refractivity contribution < 1.29 is 14.0 Å². The van der Waals surface area contributed by atoms with Crippen LogP contribution in [-0.4, -0.2) is 42.4 Å². The SMILES string of the molecule is C=C(C)CNC(=O)C[C@@H]1C(=O)NCCN1Cc1ccc(F)cc1Cl. The lowest BCUT2D eigenvalue weighted by Crippen LogP contribution is -2.56. The summed E-state index contributed by atoms with van der Waals surface area (Å²) in [5.41, 5.74) is 1.56. The highest BCUT2D eigenvalue weighted by molar-refractivity contribution is 6.31. The van der Waals surface area contributed by atoms with Crippen LogP contribution in [0.1, 0.15) is 18.9 Å². The van der Waals surface area contributed by atoms with Crippen molar-refractivity contribution in [2.24, 2.45) is 0 Å². The molecule has 1 aromatic rings. The number of hydrogen-bond acceptors (Lipinski definition) is 3. The van der Waals surface area contributed by atoms with Gasteiger partial charge in [0, 0.05) is 31.2 Å². The Hall–Kier alpha value is -1.92. The maximum absolute atomic E-state index is 13.2. The van der Waals surface area contributed by atoms with Crippen molar-refractivity contribution in [3.63, 3.8) is 0 Å². The summed E-state index contributed by atoms with van der Waals surface area (Å²) >= 11 is 6.07. The zero-order valence-electron chi connectivity index (χ0n) is 13.6. The topological polar surface area (TPSA) is 61.4 Å². The van der Waals surface area contributed by atoms with E-state index in [9.17, 15) is 14.0 Å². The Labute approximate surface area is 145 Å². The van der Waals surface area contributed by atoms with Crippen molar-refractivity contribution in [2.75, 3.05) is 19.6 Å². The van der Waals surface area contributed by atoms with E-state index in [1.165, 1.54) is 12.1 Å². The number of benzene rings is 1. The molecule has 1 fully saturated rings. The van der Waals surface area contributed by atoms with E-state index in [1.54, 1.807) is 6.07 Å². The van der Waals surface area contributed by atoms with Crippen LogP contribution >= 0.6 is 11.6 Å². The van der Waals surface area contributed by atoms with Crippen molar-refractivity contribution in [1.82, 2.24) is 15.5 Å². The van der Waals surface area contributed by atoms with Gasteiger partial charge in [0.05, 0.1) is 12.5 Å². The Morgan fingerprint density at radius 2 is 2.29 bits per heavy atom. The van der Waals surface area contributed by atoms with E-state index in [1.807, 2.05) is 11.8 Å². The standard InChI is InChI=1S/C17H21ClFN3O2/c1-11(2)9-21-16(23)8-15-17(24)20-5-6-22(15)10-12-3-4-13(19)7-14(12)18/h3-4,7,15H,1,5-6,8-10H2,2H3,(H,20,24)(H,21,23)/t15-/m1/s1. The van der Waals surface area contributed by atoms with Gasteiger partial charge >= 0.3 is 0 Å². The van der Waals surface area contributed by atoms with Crippen molar-refractivity contribution in [2.45, 2.75) is 25.9 Å². The molecular formula is C17H21ClFN3O2. The van der Waals surface area contributed by atoms with Crippen LogP contribution in [0, 0.1) is 5.82 Å². The molecule has 1 aliphatic heterocycles. The van der Waals surface area contributed by atoms with Gasteiger partial charge in [0.25, 0.3) is 0 Å². The molecule has 0 spiro atoms. The largest absolute Gasteiger partial charge is 0.353 e. The van der Waals surface area contributed by atoms with Crippen LogP contribution in [0.15, 0.2) is 30.4 Å². The number of hydrogen-bond donors (Lipinski definition) is 2. The number of carbonyl (C=O) groups is 2. The minimum atomic E-state index is -0.579. The molecule has 0 bridgehead atoms. The number of carbonyl (C=O) groups excluding carboxylic acids is 2. The average Bonchev–Trinajstić information content (AvgIpc) is 2.51. The first-order valence-corrected chi connectivity index (χ1v) is 8.11. The zero-order chi connectivity index (χ0) is 17.7. The molecular weight excluding hydrogens is 333 g/mol. The maximum atomic E-state index is 13.2. The molecule has 1 atom stereocenters. The first-order chi connectivity index (χ1) is 11.4. The van der Waals surface area contributed by atoms with E-state index >= 15 is 0 Å². The molecule has 130 valence electrons. The van der Waals surface area contributed by atoms with E-state index in [-0.39, 0.29) is 18.2 Å². The predicted octanol–water partition coefficient (Wildman–Crippen LogP) is 1.86. The molecule has 0 radical (unpaired) electrons. The Morgan fingerprint density at radius 3 is 2.96 bits per heavy atom. The van der Waals surface area contributed by atoms with E-state index in [2.05, 4.69) is 17.2 Å². The summed E-state index contributed by atoms with van der Waals surface area (Å²) in [5.74, 6) is -0.809. The predicted molar refractivity (Wildman–Crippen MR) is 91.1 cm³/mol. The first kappa shape index (κ1) is 18.4. The Morgan fingerprint density at radius 1 is 1.54 bits per heavy atom. The molecule has 2 amide bonds. The Balaban J connectivity index is 2.06. The third kappa shape index (κ3) is 5.04. The van der Waals surface area contributed by atoms with E-state index in [0.29, 0.717) is 31.2 Å². The average molecular weight is 354 g/mol. The lowest BCUT2D eigenvalue weighted by molar-refractivity contribution is -0.134. The van der Waals surface area contributed by atoms with Gasteiger partial charge in [-0.25, -0.2) is 4.39 Å². The molecule has 2 N–H and O–H groups in total. The Bertz CT molecular complexity index is 651. The molecule has 0 unspecified atom stereocenters. The second kappa shape index (κ2) is 8.26. The zero-order valence-corrected chi connectivity index (χ0v) is 14.3. The number of nitrogens with one attached hydrogen (secondary N) is 2. The van der Waals surface area contributed by atoms with Gasteiger partial charge in [-0.2, -0.15) is 0 Å². The van der Waals surface area contributed by atoms with E-state index < -0.39 is 11.9 Å². The van der Waals surface area contributed by atoms with Gasteiger partial charge in [0.1, 0.15) is 5.82 Å². The lowest BCUT2D eigenvalue weighted by Gasteiger charge is -2.34. The van der Waals surface area contributed by atoms with Gasteiger partial charge in [-0.05, 0) is 24.6 Å². The number of amides is 2.